The molecule has 1 aromatic carbocycles. The molecule has 2 atom stereocenters. The lowest BCUT2D eigenvalue weighted by Gasteiger charge is -2.14. The number of hydrogen-bond acceptors (Lipinski definition) is 2. The van der Waals surface area contributed by atoms with Gasteiger partial charge in [-0.1, -0.05) is 30.1 Å². The summed E-state index contributed by atoms with van der Waals surface area (Å²) in [4.78, 5) is 12.0. The van der Waals surface area contributed by atoms with Gasteiger partial charge in [0.1, 0.15) is 0 Å². The number of rotatable bonds is 2. The Bertz CT molecular complexity index is 458. The number of hydrogen-bond donors (Lipinski definition) is 2. The van der Waals surface area contributed by atoms with Gasteiger partial charge in [-0.2, -0.15) is 0 Å². The normalized spacial score (nSPS) is 23.1. The molecule has 0 aromatic heterocycles. The molecule has 18 heavy (non-hydrogen) atoms. The lowest BCUT2D eigenvalue weighted by Crippen LogP contribution is -2.27. The van der Waals surface area contributed by atoms with Gasteiger partial charge >= 0.3 is 0 Å². The first-order valence-corrected chi connectivity index (χ1v) is 6.40. The quantitative estimate of drug-likeness (QED) is 0.823. The summed E-state index contributed by atoms with van der Waals surface area (Å²) >= 11 is 11.3. The van der Waals surface area contributed by atoms with Gasteiger partial charge in [0.25, 0.3) is 0 Å². The minimum atomic E-state index is -0.674. The second-order valence-electron chi connectivity index (χ2n) is 4.49. The molecule has 2 unspecified atom stereocenters. The van der Waals surface area contributed by atoms with Gasteiger partial charge in [0, 0.05) is 12.2 Å². The molecule has 1 aromatic rings. The molecule has 6 heteroatoms. The van der Waals surface area contributed by atoms with E-state index in [2.05, 4.69) is 10.6 Å². The molecule has 0 spiro atoms. The van der Waals surface area contributed by atoms with E-state index < -0.39 is 5.82 Å². The number of benzene rings is 1. The second kappa shape index (κ2) is 5.43. The number of carbonyl (C=O) groups excluding carboxylic acids is 1. The van der Waals surface area contributed by atoms with Crippen LogP contribution in [0.3, 0.4) is 0 Å². The molecule has 2 rings (SSSR count). The zero-order valence-electron chi connectivity index (χ0n) is 9.77. The highest BCUT2D eigenvalue weighted by molar-refractivity contribution is 6.35. The van der Waals surface area contributed by atoms with Gasteiger partial charge < -0.3 is 10.6 Å². The first-order chi connectivity index (χ1) is 8.49. The van der Waals surface area contributed by atoms with Crippen LogP contribution >= 0.6 is 23.2 Å². The van der Waals surface area contributed by atoms with Gasteiger partial charge in [0.05, 0.1) is 16.0 Å². The number of halogens is 3. The summed E-state index contributed by atoms with van der Waals surface area (Å²) in [6.45, 7) is 3.48. The van der Waals surface area contributed by atoms with Crippen LogP contribution in [-0.4, -0.2) is 19.0 Å². The summed E-state index contributed by atoms with van der Waals surface area (Å²) in [6, 6.07) is 2.71. The Kier molecular flexibility index (Phi) is 4.10. The van der Waals surface area contributed by atoms with Crippen molar-refractivity contribution < 1.29 is 9.18 Å². The molecule has 0 aliphatic carbocycles. The van der Waals surface area contributed by atoms with E-state index in [1.807, 2.05) is 6.92 Å². The standard InChI is InChI=1S/C12H13Cl2FN2O/c1-6-4-16-5-8(6)12(18)17-7-2-9(13)11(15)10(14)3-7/h2-3,6,8,16H,4-5H2,1H3,(H,17,18). The molecular weight excluding hydrogens is 278 g/mol. The van der Waals surface area contributed by atoms with E-state index in [1.54, 1.807) is 0 Å². The average molecular weight is 291 g/mol. The van der Waals surface area contributed by atoms with Crippen LogP contribution in [0.4, 0.5) is 10.1 Å². The van der Waals surface area contributed by atoms with Crippen molar-refractivity contribution in [1.29, 1.82) is 0 Å². The first kappa shape index (κ1) is 13.6. The SMILES string of the molecule is CC1CNCC1C(=O)Nc1cc(Cl)c(F)c(Cl)c1. The molecule has 1 saturated heterocycles. The molecule has 1 heterocycles. The monoisotopic (exact) mass is 290 g/mol. The molecule has 3 nitrogen and oxygen atoms in total. The summed E-state index contributed by atoms with van der Waals surface area (Å²) in [6.07, 6.45) is 0. The van der Waals surface area contributed by atoms with Crippen LogP contribution in [0.5, 0.6) is 0 Å². The van der Waals surface area contributed by atoms with Crippen molar-refractivity contribution >= 4 is 34.8 Å². The Labute approximate surface area is 115 Å². The lowest BCUT2D eigenvalue weighted by atomic mass is 9.97. The van der Waals surface area contributed by atoms with E-state index in [0.717, 1.165) is 6.54 Å². The van der Waals surface area contributed by atoms with Gasteiger partial charge in [-0.05, 0) is 24.6 Å². The van der Waals surface area contributed by atoms with Gasteiger partial charge in [0.2, 0.25) is 5.91 Å². The molecule has 1 aliphatic heterocycles. The molecular formula is C12H13Cl2FN2O. The first-order valence-electron chi connectivity index (χ1n) is 5.65. The summed E-state index contributed by atoms with van der Waals surface area (Å²) < 4.78 is 13.2. The van der Waals surface area contributed by atoms with Gasteiger partial charge in [0.15, 0.2) is 5.82 Å². The molecule has 98 valence electrons. The Balaban J connectivity index is 2.12. The van der Waals surface area contributed by atoms with E-state index in [-0.39, 0.29) is 27.8 Å². The van der Waals surface area contributed by atoms with Gasteiger partial charge in [-0.3, -0.25) is 4.79 Å². The second-order valence-corrected chi connectivity index (χ2v) is 5.30. The fourth-order valence-electron chi connectivity index (χ4n) is 2.02. The highest BCUT2D eigenvalue weighted by Crippen LogP contribution is 2.28. The molecule has 1 fully saturated rings. The molecule has 1 aliphatic rings. The predicted octanol–water partition coefficient (Wildman–Crippen LogP) is 2.93. The number of nitrogens with one attached hydrogen (secondary N) is 2. The molecule has 0 saturated carbocycles. The largest absolute Gasteiger partial charge is 0.326 e. The van der Waals surface area contributed by atoms with Crippen molar-refractivity contribution in [2.45, 2.75) is 6.92 Å². The number of anilines is 1. The van der Waals surface area contributed by atoms with Gasteiger partial charge in [-0.15, -0.1) is 0 Å². The predicted molar refractivity (Wildman–Crippen MR) is 70.6 cm³/mol. The van der Waals surface area contributed by atoms with E-state index in [0.29, 0.717) is 12.2 Å². The summed E-state index contributed by atoms with van der Waals surface area (Å²) in [5, 5.41) is 5.65. The van der Waals surface area contributed by atoms with Crippen molar-refractivity contribution in [2.24, 2.45) is 11.8 Å². The lowest BCUT2D eigenvalue weighted by molar-refractivity contribution is -0.120. The Morgan fingerprint density at radius 2 is 2.00 bits per heavy atom. The summed E-state index contributed by atoms with van der Waals surface area (Å²) in [7, 11) is 0. The van der Waals surface area contributed by atoms with E-state index in [9.17, 15) is 9.18 Å². The third-order valence-corrected chi connectivity index (χ3v) is 3.66. The highest BCUT2D eigenvalue weighted by atomic mass is 35.5. The van der Waals surface area contributed by atoms with Crippen LogP contribution in [0.25, 0.3) is 0 Å². The Morgan fingerprint density at radius 3 is 2.50 bits per heavy atom. The van der Waals surface area contributed by atoms with Crippen LogP contribution in [0.15, 0.2) is 12.1 Å². The average Bonchev–Trinajstić information content (AvgIpc) is 2.72. The van der Waals surface area contributed by atoms with E-state index in [1.165, 1.54) is 12.1 Å². The fraction of sp³-hybridized carbons (Fsp3) is 0.417. The van der Waals surface area contributed by atoms with Crippen LogP contribution in [0.1, 0.15) is 6.92 Å². The zero-order valence-corrected chi connectivity index (χ0v) is 11.3. The third kappa shape index (κ3) is 2.76. The van der Waals surface area contributed by atoms with Crippen LogP contribution in [0.2, 0.25) is 10.0 Å². The minimum absolute atomic E-state index is 0.0902. The smallest absolute Gasteiger partial charge is 0.229 e. The summed E-state index contributed by atoms with van der Waals surface area (Å²) in [5.41, 5.74) is 0.413. The van der Waals surface area contributed by atoms with Crippen molar-refractivity contribution in [3.63, 3.8) is 0 Å². The highest BCUT2D eigenvalue weighted by Gasteiger charge is 2.29. The maximum atomic E-state index is 13.2. The van der Waals surface area contributed by atoms with Crippen molar-refractivity contribution in [1.82, 2.24) is 5.32 Å². The molecule has 2 N–H and O–H groups in total. The molecule has 0 radical (unpaired) electrons. The van der Waals surface area contributed by atoms with Crippen LogP contribution < -0.4 is 10.6 Å². The summed E-state index contributed by atoms with van der Waals surface area (Å²) in [5.74, 6) is -0.595. The fourth-order valence-corrected chi connectivity index (χ4v) is 2.51. The maximum absolute atomic E-state index is 13.2. The number of carbonyl (C=O) groups is 1. The van der Waals surface area contributed by atoms with Crippen molar-refractivity contribution in [2.75, 3.05) is 18.4 Å². The van der Waals surface area contributed by atoms with E-state index >= 15 is 0 Å². The van der Waals surface area contributed by atoms with Crippen molar-refractivity contribution in [3.8, 4) is 0 Å². The Hall–Kier alpha value is -0.840. The third-order valence-electron chi connectivity index (χ3n) is 3.11. The topological polar surface area (TPSA) is 41.1 Å². The van der Waals surface area contributed by atoms with Crippen LogP contribution in [0, 0.1) is 17.7 Å². The van der Waals surface area contributed by atoms with Gasteiger partial charge in [-0.25, -0.2) is 4.39 Å². The van der Waals surface area contributed by atoms with E-state index in [4.69, 9.17) is 23.2 Å². The Morgan fingerprint density at radius 1 is 1.39 bits per heavy atom. The molecule has 1 amide bonds. The van der Waals surface area contributed by atoms with Crippen molar-refractivity contribution in [3.05, 3.63) is 28.0 Å². The number of amides is 1. The minimum Gasteiger partial charge on any atom is -0.326 e. The maximum Gasteiger partial charge on any atom is 0.229 e. The zero-order chi connectivity index (χ0) is 13.3. The van der Waals surface area contributed by atoms with Crippen LogP contribution in [-0.2, 0) is 4.79 Å². The molecule has 0 bridgehead atoms.